The zero-order chi connectivity index (χ0) is 14.8. The molecule has 0 unspecified atom stereocenters. The minimum atomic E-state index is -0.956. The van der Waals surface area contributed by atoms with E-state index in [1.807, 2.05) is 30.3 Å². The Bertz CT molecular complexity index is 417. The third kappa shape index (κ3) is 6.36. The summed E-state index contributed by atoms with van der Waals surface area (Å²) < 4.78 is 0. The normalized spacial score (nSPS) is 11.8. The highest BCUT2D eigenvalue weighted by molar-refractivity contribution is 5.84. The Morgan fingerprint density at radius 2 is 1.85 bits per heavy atom. The standard InChI is InChI=1S/C16H23NO3/c1-2-3-4-8-11-14(16(19)20)17-15(18)12-13-9-6-5-7-10-13/h5-7,9-10,14H,2-4,8,11-12H2,1H3,(H,17,18)(H,19,20)/t14-/m1/s1. The molecule has 110 valence electrons. The van der Waals surface area contributed by atoms with Gasteiger partial charge in [-0.15, -0.1) is 0 Å². The summed E-state index contributed by atoms with van der Waals surface area (Å²) in [6, 6.07) is 8.55. The zero-order valence-electron chi connectivity index (χ0n) is 12.0. The van der Waals surface area contributed by atoms with Gasteiger partial charge in [0.1, 0.15) is 6.04 Å². The predicted octanol–water partition coefficient (Wildman–Crippen LogP) is 2.77. The third-order valence-electron chi connectivity index (χ3n) is 3.19. The monoisotopic (exact) mass is 277 g/mol. The molecule has 1 amide bonds. The molecule has 0 fully saturated rings. The summed E-state index contributed by atoms with van der Waals surface area (Å²) in [6.07, 6.45) is 4.77. The fourth-order valence-electron chi connectivity index (χ4n) is 2.06. The van der Waals surface area contributed by atoms with Crippen molar-refractivity contribution in [1.82, 2.24) is 5.32 Å². The van der Waals surface area contributed by atoms with Crippen LogP contribution in [0.25, 0.3) is 0 Å². The van der Waals surface area contributed by atoms with Crippen LogP contribution in [0.15, 0.2) is 30.3 Å². The maximum absolute atomic E-state index is 11.8. The molecule has 4 heteroatoms. The zero-order valence-corrected chi connectivity index (χ0v) is 12.0. The van der Waals surface area contributed by atoms with Gasteiger partial charge in [0.25, 0.3) is 0 Å². The molecule has 1 atom stereocenters. The van der Waals surface area contributed by atoms with Crippen molar-refractivity contribution in [3.05, 3.63) is 35.9 Å². The van der Waals surface area contributed by atoms with Gasteiger partial charge in [0.05, 0.1) is 6.42 Å². The van der Waals surface area contributed by atoms with E-state index >= 15 is 0 Å². The number of hydrogen-bond donors (Lipinski definition) is 2. The van der Waals surface area contributed by atoms with Gasteiger partial charge in [0.2, 0.25) is 5.91 Å². The molecule has 0 aromatic heterocycles. The Morgan fingerprint density at radius 3 is 2.45 bits per heavy atom. The maximum Gasteiger partial charge on any atom is 0.326 e. The molecule has 0 bridgehead atoms. The Morgan fingerprint density at radius 1 is 1.15 bits per heavy atom. The first-order valence-corrected chi connectivity index (χ1v) is 7.19. The lowest BCUT2D eigenvalue weighted by Crippen LogP contribution is -2.41. The van der Waals surface area contributed by atoms with E-state index in [0.29, 0.717) is 6.42 Å². The van der Waals surface area contributed by atoms with Crippen molar-refractivity contribution in [1.29, 1.82) is 0 Å². The molecule has 0 spiro atoms. The van der Waals surface area contributed by atoms with Crippen LogP contribution in [0.5, 0.6) is 0 Å². The summed E-state index contributed by atoms with van der Waals surface area (Å²) in [5.41, 5.74) is 0.889. The van der Waals surface area contributed by atoms with Crippen LogP contribution < -0.4 is 5.32 Å². The Kier molecular flexibility index (Phi) is 7.40. The molecule has 1 aromatic rings. The van der Waals surface area contributed by atoms with Crippen LogP contribution in [-0.4, -0.2) is 23.0 Å². The van der Waals surface area contributed by atoms with E-state index < -0.39 is 12.0 Å². The molecular weight excluding hydrogens is 254 g/mol. The first kappa shape index (κ1) is 16.2. The minimum absolute atomic E-state index is 0.222. The maximum atomic E-state index is 11.8. The number of amides is 1. The molecule has 4 nitrogen and oxygen atoms in total. The SMILES string of the molecule is CCCCCC[C@@H](NC(=O)Cc1ccccc1)C(=O)O. The summed E-state index contributed by atoms with van der Waals surface area (Å²) in [5, 5.41) is 11.7. The second-order valence-corrected chi connectivity index (χ2v) is 4.97. The van der Waals surface area contributed by atoms with Crippen molar-refractivity contribution in [3.63, 3.8) is 0 Å². The second-order valence-electron chi connectivity index (χ2n) is 4.97. The predicted molar refractivity (Wildman–Crippen MR) is 78.5 cm³/mol. The number of aliphatic carboxylic acids is 1. The van der Waals surface area contributed by atoms with E-state index in [1.165, 1.54) is 0 Å². The lowest BCUT2D eigenvalue weighted by atomic mass is 10.1. The van der Waals surface area contributed by atoms with Gasteiger partial charge in [0.15, 0.2) is 0 Å². The first-order valence-electron chi connectivity index (χ1n) is 7.19. The molecule has 0 aliphatic rings. The number of hydrogen-bond acceptors (Lipinski definition) is 2. The third-order valence-corrected chi connectivity index (χ3v) is 3.19. The molecule has 0 heterocycles. The van der Waals surface area contributed by atoms with E-state index in [0.717, 1.165) is 31.2 Å². The van der Waals surface area contributed by atoms with Crippen LogP contribution in [0.3, 0.4) is 0 Å². The summed E-state index contributed by atoms with van der Waals surface area (Å²) in [5.74, 6) is -1.19. The van der Waals surface area contributed by atoms with Crippen LogP contribution in [0.2, 0.25) is 0 Å². The van der Waals surface area contributed by atoms with Crippen molar-refractivity contribution in [2.24, 2.45) is 0 Å². The molecule has 0 aliphatic heterocycles. The molecule has 2 N–H and O–H groups in total. The number of nitrogens with one attached hydrogen (secondary N) is 1. The summed E-state index contributed by atoms with van der Waals surface area (Å²) >= 11 is 0. The van der Waals surface area contributed by atoms with Gasteiger partial charge >= 0.3 is 5.97 Å². The molecule has 0 aliphatic carbocycles. The van der Waals surface area contributed by atoms with Crippen molar-refractivity contribution in [2.75, 3.05) is 0 Å². The second kappa shape index (κ2) is 9.13. The average Bonchev–Trinajstić information content (AvgIpc) is 2.43. The van der Waals surface area contributed by atoms with E-state index in [-0.39, 0.29) is 12.3 Å². The van der Waals surface area contributed by atoms with Gasteiger partial charge in [-0.25, -0.2) is 4.79 Å². The van der Waals surface area contributed by atoms with Crippen LogP contribution in [0.4, 0.5) is 0 Å². The van der Waals surface area contributed by atoms with Crippen LogP contribution in [-0.2, 0) is 16.0 Å². The average molecular weight is 277 g/mol. The van der Waals surface area contributed by atoms with Crippen LogP contribution in [0, 0.1) is 0 Å². The molecule has 1 rings (SSSR count). The summed E-state index contributed by atoms with van der Waals surface area (Å²) in [4.78, 5) is 23.0. The van der Waals surface area contributed by atoms with Crippen molar-refractivity contribution in [3.8, 4) is 0 Å². The Hall–Kier alpha value is -1.84. The van der Waals surface area contributed by atoms with Crippen molar-refractivity contribution >= 4 is 11.9 Å². The lowest BCUT2D eigenvalue weighted by molar-refractivity contribution is -0.142. The van der Waals surface area contributed by atoms with Crippen molar-refractivity contribution in [2.45, 2.75) is 51.5 Å². The molecule has 0 radical (unpaired) electrons. The highest BCUT2D eigenvalue weighted by atomic mass is 16.4. The molecule has 20 heavy (non-hydrogen) atoms. The summed E-state index contributed by atoms with van der Waals surface area (Å²) in [7, 11) is 0. The Balaban J connectivity index is 2.40. The van der Waals surface area contributed by atoms with Gasteiger partial charge in [-0.3, -0.25) is 4.79 Å². The Labute approximate surface area is 120 Å². The number of carbonyl (C=O) groups is 2. The number of rotatable bonds is 9. The molecule has 1 aromatic carbocycles. The minimum Gasteiger partial charge on any atom is -0.480 e. The largest absolute Gasteiger partial charge is 0.480 e. The molecule has 0 saturated carbocycles. The first-order chi connectivity index (χ1) is 9.63. The molecule has 0 saturated heterocycles. The highest BCUT2D eigenvalue weighted by Gasteiger charge is 2.19. The highest BCUT2D eigenvalue weighted by Crippen LogP contribution is 2.07. The number of benzene rings is 1. The molecular formula is C16H23NO3. The fourth-order valence-corrected chi connectivity index (χ4v) is 2.06. The van der Waals surface area contributed by atoms with Gasteiger partial charge in [-0.2, -0.15) is 0 Å². The number of unbranched alkanes of at least 4 members (excludes halogenated alkanes) is 3. The van der Waals surface area contributed by atoms with Gasteiger partial charge in [-0.1, -0.05) is 62.9 Å². The number of carboxylic acid groups (broad SMARTS) is 1. The van der Waals surface area contributed by atoms with Gasteiger partial charge in [-0.05, 0) is 12.0 Å². The lowest BCUT2D eigenvalue weighted by Gasteiger charge is -2.14. The summed E-state index contributed by atoms with van der Waals surface area (Å²) in [6.45, 7) is 2.11. The number of carbonyl (C=O) groups excluding carboxylic acids is 1. The topological polar surface area (TPSA) is 66.4 Å². The van der Waals surface area contributed by atoms with E-state index in [2.05, 4.69) is 12.2 Å². The number of carboxylic acids is 1. The van der Waals surface area contributed by atoms with Gasteiger partial charge in [0, 0.05) is 0 Å². The van der Waals surface area contributed by atoms with Crippen LogP contribution >= 0.6 is 0 Å². The van der Waals surface area contributed by atoms with Crippen molar-refractivity contribution < 1.29 is 14.7 Å². The van der Waals surface area contributed by atoms with E-state index in [1.54, 1.807) is 0 Å². The quantitative estimate of drug-likeness (QED) is 0.682. The van der Waals surface area contributed by atoms with E-state index in [9.17, 15) is 9.59 Å². The van der Waals surface area contributed by atoms with E-state index in [4.69, 9.17) is 5.11 Å². The smallest absolute Gasteiger partial charge is 0.326 e. The fraction of sp³-hybridized carbons (Fsp3) is 0.500. The van der Waals surface area contributed by atoms with Crippen LogP contribution in [0.1, 0.15) is 44.6 Å². The van der Waals surface area contributed by atoms with Gasteiger partial charge < -0.3 is 10.4 Å².